The van der Waals surface area contributed by atoms with E-state index >= 15 is 0 Å². The van der Waals surface area contributed by atoms with E-state index < -0.39 is 0 Å². The fourth-order valence-corrected chi connectivity index (χ4v) is 1.31. The zero-order valence-corrected chi connectivity index (χ0v) is 5.19. The van der Waals surface area contributed by atoms with Gasteiger partial charge in [0.1, 0.15) is 0 Å². The smallest absolute Gasteiger partial charge is 0.00817 e. The van der Waals surface area contributed by atoms with E-state index in [0.717, 1.165) is 12.0 Å². The molecule has 0 bridgehead atoms. The molecule has 1 aliphatic carbocycles. The molecule has 1 N–H and O–H groups in total. The Morgan fingerprint density at radius 3 is 2.38 bits per heavy atom. The van der Waals surface area contributed by atoms with Crippen LogP contribution in [0.15, 0.2) is 0 Å². The maximum Gasteiger partial charge on any atom is 0.00817 e. The van der Waals surface area contributed by atoms with Gasteiger partial charge in [0, 0.05) is 6.04 Å². The van der Waals surface area contributed by atoms with E-state index in [1.165, 1.54) is 32.2 Å². The minimum atomic E-state index is 0.919. The summed E-state index contributed by atoms with van der Waals surface area (Å²) in [5.41, 5.74) is 0. The summed E-state index contributed by atoms with van der Waals surface area (Å²) in [4.78, 5) is 0. The molecular formula is C7H13N. The van der Waals surface area contributed by atoms with E-state index in [-0.39, 0.29) is 0 Å². The summed E-state index contributed by atoms with van der Waals surface area (Å²) < 4.78 is 0. The molecule has 2 fully saturated rings. The molecule has 2 aliphatic rings. The Hall–Kier alpha value is -0.0400. The van der Waals surface area contributed by atoms with Crippen molar-refractivity contribution >= 4 is 0 Å². The average Bonchev–Trinajstić information content (AvgIpc) is 2.36. The van der Waals surface area contributed by atoms with Crippen LogP contribution in [0, 0.1) is 5.92 Å². The first-order valence-corrected chi connectivity index (χ1v) is 3.68. The van der Waals surface area contributed by atoms with Gasteiger partial charge in [-0.3, -0.25) is 0 Å². The van der Waals surface area contributed by atoms with Gasteiger partial charge < -0.3 is 5.32 Å². The van der Waals surface area contributed by atoms with Gasteiger partial charge in [0.2, 0.25) is 0 Å². The third kappa shape index (κ3) is 0.873. The molecule has 1 nitrogen and oxygen atoms in total. The average molecular weight is 111 g/mol. The predicted octanol–water partition coefficient (Wildman–Crippen LogP) is 1.15. The quantitative estimate of drug-likeness (QED) is 0.563. The van der Waals surface area contributed by atoms with Crippen LogP contribution >= 0.6 is 0 Å². The summed E-state index contributed by atoms with van der Waals surface area (Å²) in [5, 5.41) is 3.42. The maximum atomic E-state index is 3.42. The molecule has 1 aliphatic heterocycles. The Bertz CT molecular complexity index is 82.4. The van der Waals surface area contributed by atoms with Gasteiger partial charge >= 0.3 is 0 Å². The molecule has 46 valence electrons. The predicted molar refractivity (Wildman–Crippen MR) is 33.7 cm³/mol. The van der Waals surface area contributed by atoms with E-state index in [2.05, 4.69) is 5.32 Å². The lowest BCUT2D eigenvalue weighted by Crippen LogP contribution is -2.42. The van der Waals surface area contributed by atoms with Gasteiger partial charge in [0.15, 0.2) is 0 Å². The van der Waals surface area contributed by atoms with Crippen LogP contribution in [0.5, 0.6) is 0 Å². The minimum Gasteiger partial charge on any atom is -0.314 e. The Morgan fingerprint density at radius 1 is 1.25 bits per heavy atom. The van der Waals surface area contributed by atoms with Crippen LogP contribution in [-0.2, 0) is 0 Å². The zero-order valence-electron chi connectivity index (χ0n) is 5.19. The number of nitrogens with one attached hydrogen (secondary N) is 1. The van der Waals surface area contributed by atoms with E-state index in [1.807, 2.05) is 0 Å². The van der Waals surface area contributed by atoms with E-state index in [4.69, 9.17) is 0 Å². The summed E-state index contributed by atoms with van der Waals surface area (Å²) in [7, 11) is 0. The van der Waals surface area contributed by atoms with Crippen molar-refractivity contribution in [3.8, 4) is 0 Å². The standard InChI is InChI=1S/C7H13N/c1-2-6(1)5-7-3-4-8-7/h6-8H,1-5H2. The molecule has 0 aromatic heterocycles. The fraction of sp³-hybridized carbons (Fsp3) is 1.00. The van der Waals surface area contributed by atoms with Crippen LogP contribution in [0.2, 0.25) is 0 Å². The first-order valence-electron chi connectivity index (χ1n) is 3.68. The molecule has 0 spiro atoms. The highest BCUT2D eigenvalue weighted by molar-refractivity contribution is 4.85. The van der Waals surface area contributed by atoms with Crippen molar-refractivity contribution in [2.24, 2.45) is 5.92 Å². The molecule has 0 aromatic carbocycles. The molecule has 2 rings (SSSR count). The lowest BCUT2D eigenvalue weighted by molar-refractivity contribution is 0.337. The highest BCUT2D eigenvalue weighted by Crippen LogP contribution is 2.34. The highest BCUT2D eigenvalue weighted by Gasteiger charge is 2.27. The van der Waals surface area contributed by atoms with Crippen molar-refractivity contribution in [3.63, 3.8) is 0 Å². The van der Waals surface area contributed by atoms with Crippen molar-refractivity contribution in [1.82, 2.24) is 5.32 Å². The summed E-state index contributed by atoms with van der Waals surface area (Å²) in [6.07, 6.45) is 5.94. The summed E-state index contributed by atoms with van der Waals surface area (Å²) in [6, 6.07) is 0.919. The van der Waals surface area contributed by atoms with Crippen LogP contribution in [-0.4, -0.2) is 12.6 Å². The van der Waals surface area contributed by atoms with Gasteiger partial charge in [0.25, 0.3) is 0 Å². The largest absolute Gasteiger partial charge is 0.314 e. The summed E-state index contributed by atoms with van der Waals surface area (Å²) >= 11 is 0. The fourth-order valence-electron chi connectivity index (χ4n) is 1.31. The van der Waals surface area contributed by atoms with Crippen LogP contribution in [0.1, 0.15) is 25.7 Å². The molecule has 1 saturated heterocycles. The Morgan fingerprint density at radius 2 is 2.00 bits per heavy atom. The topological polar surface area (TPSA) is 12.0 Å². The maximum absolute atomic E-state index is 3.42. The van der Waals surface area contributed by atoms with Gasteiger partial charge in [-0.05, 0) is 25.3 Å². The molecule has 1 heteroatoms. The van der Waals surface area contributed by atoms with Crippen LogP contribution < -0.4 is 5.32 Å². The minimum absolute atomic E-state index is 0.919. The van der Waals surface area contributed by atoms with Crippen molar-refractivity contribution < 1.29 is 0 Å². The van der Waals surface area contributed by atoms with E-state index in [0.29, 0.717) is 0 Å². The molecule has 0 amide bonds. The second-order valence-electron chi connectivity index (χ2n) is 3.12. The molecule has 1 saturated carbocycles. The van der Waals surface area contributed by atoms with Crippen LogP contribution in [0.3, 0.4) is 0 Å². The first-order chi connectivity index (χ1) is 3.95. The third-order valence-electron chi connectivity index (χ3n) is 2.24. The van der Waals surface area contributed by atoms with Gasteiger partial charge in [-0.2, -0.15) is 0 Å². The van der Waals surface area contributed by atoms with Gasteiger partial charge in [-0.25, -0.2) is 0 Å². The van der Waals surface area contributed by atoms with E-state index in [1.54, 1.807) is 0 Å². The number of rotatable bonds is 2. The van der Waals surface area contributed by atoms with Gasteiger partial charge in [-0.1, -0.05) is 12.8 Å². The highest BCUT2D eigenvalue weighted by atomic mass is 15.0. The van der Waals surface area contributed by atoms with Crippen molar-refractivity contribution in [1.29, 1.82) is 0 Å². The lowest BCUT2D eigenvalue weighted by atomic mass is 10.0. The van der Waals surface area contributed by atoms with Crippen molar-refractivity contribution in [3.05, 3.63) is 0 Å². The second kappa shape index (κ2) is 1.73. The molecule has 0 radical (unpaired) electrons. The zero-order chi connectivity index (χ0) is 5.40. The summed E-state index contributed by atoms with van der Waals surface area (Å²) in [6.45, 7) is 1.28. The SMILES string of the molecule is C1CC(CC2CC2)N1. The third-order valence-corrected chi connectivity index (χ3v) is 2.24. The monoisotopic (exact) mass is 111 g/mol. The Kier molecular flexibility index (Phi) is 1.04. The lowest BCUT2D eigenvalue weighted by Gasteiger charge is -2.27. The first kappa shape index (κ1) is 4.80. The number of hydrogen-bond acceptors (Lipinski definition) is 1. The number of hydrogen-bond donors (Lipinski definition) is 1. The normalized spacial score (nSPS) is 36.8. The molecule has 8 heavy (non-hydrogen) atoms. The molecule has 1 heterocycles. The molecule has 0 aromatic rings. The van der Waals surface area contributed by atoms with Crippen molar-refractivity contribution in [2.45, 2.75) is 31.7 Å². The summed E-state index contributed by atoms with van der Waals surface area (Å²) in [5.74, 6) is 1.12. The molecule has 1 unspecified atom stereocenters. The Balaban J connectivity index is 1.66. The van der Waals surface area contributed by atoms with Crippen molar-refractivity contribution in [2.75, 3.05) is 6.54 Å². The van der Waals surface area contributed by atoms with E-state index in [9.17, 15) is 0 Å². The van der Waals surface area contributed by atoms with Crippen LogP contribution in [0.25, 0.3) is 0 Å². The van der Waals surface area contributed by atoms with Crippen LogP contribution in [0.4, 0.5) is 0 Å². The van der Waals surface area contributed by atoms with Gasteiger partial charge in [0.05, 0.1) is 0 Å². The second-order valence-corrected chi connectivity index (χ2v) is 3.12. The molecule has 1 atom stereocenters. The Labute approximate surface area is 50.5 Å². The molecular weight excluding hydrogens is 98.1 g/mol. The van der Waals surface area contributed by atoms with Gasteiger partial charge in [-0.15, -0.1) is 0 Å².